The number of anilines is 9. The number of benzene rings is 12. The summed E-state index contributed by atoms with van der Waals surface area (Å²) < 4.78 is 13.8. The largest absolute Gasteiger partial charge is 0.456 e. The van der Waals surface area contributed by atoms with Gasteiger partial charge in [-0.3, -0.25) is 0 Å². The van der Waals surface area contributed by atoms with Crippen molar-refractivity contribution in [2.45, 2.75) is 52.4 Å². The monoisotopic (exact) mass is 1000 g/mol. The average molecular weight is 1000 g/mol. The van der Waals surface area contributed by atoms with E-state index in [0.29, 0.717) is 0 Å². The molecule has 0 spiro atoms. The smallest absolute Gasteiger partial charge is 0.252 e. The molecule has 0 amide bonds. The molecule has 12 aromatic carbocycles. The lowest BCUT2D eigenvalue weighted by molar-refractivity contribution is 0.590. The number of hydrogen-bond donors (Lipinski definition) is 0. The molecule has 6 heteroatoms. The Morgan fingerprint density at radius 3 is 1.59 bits per heavy atom. The van der Waals surface area contributed by atoms with Crippen LogP contribution in [0.25, 0.3) is 76.2 Å². The second kappa shape index (κ2) is 16.1. The van der Waals surface area contributed by atoms with Crippen molar-refractivity contribution in [1.82, 2.24) is 0 Å². The molecule has 0 N–H and O–H groups in total. The van der Waals surface area contributed by atoms with Crippen LogP contribution in [0, 0.1) is 0 Å². The normalized spacial score (nSPS) is 13.4. The SMILES string of the molecule is CC(C)(C)c1ccc(N2c3cc(N(c4ccc5ccc6cccc7ccc4c5c67)c4cccc5c4oc4ccccc45)ccc3B3c4cc5oc6ccccc6c5cc4N(c4ccc(C(C)(C)C)cc4)c4cccc2c43)cc1. The van der Waals surface area contributed by atoms with Gasteiger partial charge in [0.15, 0.2) is 5.58 Å². The van der Waals surface area contributed by atoms with Crippen LogP contribution in [0.5, 0.6) is 0 Å². The van der Waals surface area contributed by atoms with Crippen molar-refractivity contribution in [3.63, 3.8) is 0 Å². The first kappa shape index (κ1) is 45.0. The molecule has 0 saturated heterocycles. The third-order valence-corrected chi connectivity index (χ3v) is 17.1. The van der Waals surface area contributed by atoms with Crippen molar-refractivity contribution < 1.29 is 8.83 Å². The van der Waals surface area contributed by atoms with Crippen molar-refractivity contribution in [1.29, 1.82) is 0 Å². The molecule has 0 bridgehead atoms. The van der Waals surface area contributed by atoms with E-state index in [4.69, 9.17) is 8.83 Å². The lowest BCUT2D eigenvalue weighted by Gasteiger charge is -2.44. The maximum absolute atomic E-state index is 6.98. The summed E-state index contributed by atoms with van der Waals surface area (Å²) in [5, 5.41) is 11.8. The number of nitrogens with zero attached hydrogens (tertiary/aromatic N) is 3. The highest BCUT2D eigenvalue weighted by molar-refractivity contribution is 7.00. The van der Waals surface area contributed by atoms with Crippen LogP contribution in [0.4, 0.5) is 51.2 Å². The molecule has 5 nitrogen and oxygen atoms in total. The lowest BCUT2D eigenvalue weighted by Crippen LogP contribution is -2.61. The van der Waals surface area contributed by atoms with E-state index in [9.17, 15) is 0 Å². The van der Waals surface area contributed by atoms with Crippen LogP contribution in [0.15, 0.2) is 227 Å². The van der Waals surface area contributed by atoms with Gasteiger partial charge >= 0.3 is 0 Å². The fraction of sp³-hybridized carbons (Fsp3) is 0.111. The lowest BCUT2D eigenvalue weighted by atomic mass is 9.33. The molecule has 4 heterocycles. The molecular weight excluding hydrogens is 950 g/mol. The number of fused-ring (bicyclic) bond motifs is 10. The Morgan fingerprint density at radius 2 is 0.923 bits per heavy atom. The summed E-state index contributed by atoms with van der Waals surface area (Å²) in [4.78, 5) is 7.48. The minimum Gasteiger partial charge on any atom is -0.456 e. The summed E-state index contributed by atoms with van der Waals surface area (Å²) in [6, 6.07) is 81.2. The van der Waals surface area contributed by atoms with Crippen LogP contribution < -0.4 is 31.1 Å². The van der Waals surface area contributed by atoms with E-state index >= 15 is 0 Å². The fourth-order valence-electron chi connectivity index (χ4n) is 13.3. The van der Waals surface area contributed by atoms with Crippen LogP contribution in [-0.4, -0.2) is 6.71 Å². The third kappa shape index (κ3) is 6.50. The van der Waals surface area contributed by atoms with E-state index < -0.39 is 0 Å². The Balaban J connectivity index is 0.989. The van der Waals surface area contributed by atoms with Crippen LogP contribution in [0.1, 0.15) is 52.7 Å². The molecule has 372 valence electrons. The van der Waals surface area contributed by atoms with Gasteiger partial charge in [0.25, 0.3) is 6.71 Å². The van der Waals surface area contributed by atoms with E-state index in [2.05, 4.69) is 275 Å². The first-order valence-electron chi connectivity index (χ1n) is 27.3. The maximum atomic E-state index is 6.98. The molecule has 2 aliphatic heterocycles. The van der Waals surface area contributed by atoms with Gasteiger partial charge in [0.2, 0.25) is 0 Å². The van der Waals surface area contributed by atoms with Crippen LogP contribution >= 0.6 is 0 Å². The Morgan fingerprint density at radius 1 is 0.372 bits per heavy atom. The molecule has 0 fully saturated rings. The first-order valence-corrected chi connectivity index (χ1v) is 27.3. The summed E-state index contributed by atoms with van der Waals surface area (Å²) in [6.45, 7) is 13.6. The highest BCUT2D eigenvalue weighted by Gasteiger charge is 2.44. The number of hydrogen-bond acceptors (Lipinski definition) is 5. The Hall–Kier alpha value is -9.26. The van der Waals surface area contributed by atoms with Crippen molar-refractivity contribution in [3.05, 3.63) is 230 Å². The highest BCUT2D eigenvalue weighted by atomic mass is 16.3. The topological polar surface area (TPSA) is 36.0 Å². The van der Waals surface area contributed by atoms with Crippen molar-refractivity contribution in [2.24, 2.45) is 0 Å². The minimum atomic E-state index is -0.134. The fourth-order valence-corrected chi connectivity index (χ4v) is 13.3. The van der Waals surface area contributed by atoms with Gasteiger partial charge in [0.05, 0.1) is 11.4 Å². The van der Waals surface area contributed by atoms with Gasteiger partial charge in [-0.25, -0.2) is 0 Å². The van der Waals surface area contributed by atoms with Gasteiger partial charge in [0, 0.05) is 66.7 Å². The van der Waals surface area contributed by atoms with E-state index in [1.807, 2.05) is 0 Å². The standard InChI is InChI=1S/C72H54BN3O2/c1-71(2,3)46-28-32-48(33-29-46)74-59-19-13-20-60-69(59)73(57-42-66-55(52-17-8-9-22-64(52)77-66)41-63(57)75(60)49-34-30-47(31-35-49)72(4,5)6)56-38-36-50(40-62(56)74)76(61-21-12-18-53-51-16-7-10-23-65(51)78-70(53)61)58-39-27-45-25-24-43-14-11-15-44-26-37-54(58)68(45)67(43)44/h7-42H,1-6H3. The summed E-state index contributed by atoms with van der Waals surface area (Å²) >= 11 is 0. The molecule has 14 aromatic rings. The second-order valence-corrected chi connectivity index (χ2v) is 23.7. The predicted octanol–water partition coefficient (Wildman–Crippen LogP) is 18.5. The van der Waals surface area contributed by atoms with E-state index in [1.165, 1.54) is 65.5 Å². The number of furan rings is 2. The molecule has 2 aromatic heterocycles. The Labute approximate surface area is 453 Å². The molecule has 0 atom stereocenters. The van der Waals surface area contributed by atoms with Crippen LogP contribution in [0.3, 0.4) is 0 Å². The zero-order valence-electron chi connectivity index (χ0n) is 44.5. The van der Waals surface area contributed by atoms with Crippen molar-refractivity contribution >= 4 is 150 Å². The van der Waals surface area contributed by atoms with E-state index in [1.54, 1.807) is 0 Å². The Bertz CT molecular complexity index is 4770. The summed E-state index contributed by atoms with van der Waals surface area (Å²) in [7, 11) is 0. The van der Waals surface area contributed by atoms with E-state index in [0.717, 1.165) is 89.4 Å². The zero-order valence-corrected chi connectivity index (χ0v) is 44.5. The molecule has 0 radical (unpaired) electrons. The predicted molar refractivity (Wildman–Crippen MR) is 331 cm³/mol. The summed E-state index contributed by atoms with van der Waals surface area (Å²) in [5.41, 5.74) is 19.6. The summed E-state index contributed by atoms with van der Waals surface area (Å²) in [6.07, 6.45) is 0. The quantitative estimate of drug-likeness (QED) is 0.127. The number of para-hydroxylation sites is 3. The van der Waals surface area contributed by atoms with Gasteiger partial charge in [-0.15, -0.1) is 0 Å². The third-order valence-electron chi connectivity index (χ3n) is 17.1. The van der Waals surface area contributed by atoms with Crippen molar-refractivity contribution in [3.8, 4) is 0 Å². The van der Waals surface area contributed by atoms with Gasteiger partial charge < -0.3 is 23.5 Å². The van der Waals surface area contributed by atoms with Crippen LogP contribution in [0.2, 0.25) is 0 Å². The maximum Gasteiger partial charge on any atom is 0.252 e. The summed E-state index contributed by atoms with van der Waals surface area (Å²) in [5.74, 6) is 0. The minimum absolute atomic E-state index is 0.0109. The molecule has 0 unspecified atom stereocenters. The number of rotatable bonds is 5. The molecule has 0 saturated carbocycles. The first-order chi connectivity index (χ1) is 37.9. The van der Waals surface area contributed by atoms with E-state index in [-0.39, 0.29) is 17.5 Å². The highest BCUT2D eigenvalue weighted by Crippen LogP contribution is 2.51. The average Bonchev–Trinajstić information content (AvgIpc) is 4.17. The molecule has 0 aliphatic carbocycles. The zero-order chi connectivity index (χ0) is 52.3. The van der Waals surface area contributed by atoms with Crippen molar-refractivity contribution in [2.75, 3.05) is 14.7 Å². The molecule has 16 rings (SSSR count). The van der Waals surface area contributed by atoms with Gasteiger partial charge in [-0.1, -0.05) is 175 Å². The molecule has 2 aliphatic rings. The van der Waals surface area contributed by atoms with Gasteiger partial charge in [0.1, 0.15) is 16.7 Å². The molecule has 78 heavy (non-hydrogen) atoms. The Kier molecular flexibility index (Phi) is 9.31. The van der Waals surface area contributed by atoms with Gasteiger partial charge in [-0.05, 0) is 150 Å². The molecular formula is C72H54BN3O2. The van der Waals surface area contributed by atoms with Gasteiger partial charge in [-0.2, -0.15) is 0 Å². The second-order valence-electron chi connectivity index (χ2n) is 23.7. The van der Waals surface area contributed by atoms with Crippen LogP contribution in [-0.2, 0) is 10.8 Å².